The van der Waals surface area contributed by atoms with Crippen LogP contribution in [0, 0.1) is 0 Å². The summed E-state index contributed by atoms with van der Waals surface area (Å²) in [5.41, 5.74) is 0.580. The Morgan fingerprint density at radius 2 is 1.39 bits per heavy atom. The fourth-order valence-corrected chi connectivity index (χ4v) is 3.86. The minimum atomic E-state index is -4.66. The topological polar surface area (TPSA) is 133 Å². The molecule has 1 amide bonds. The van der Waals surface area contributed by atoms with Crippen LogP contribution in [0.2, 0.25) is 0 Å². The minimum absolute atomic E-state index is 0.0326. The van der Waals surface area contributed by atoms with E-state index >= 15 is 0 Å². The van der Waals surface area contributed by atoms with Crippen LogP contribution in [-0.4, -0.2) is 32.8 Å². The predicted molar refractivity (Wildman–Crippen MR) is 151 cm³/mol. The molecule has 0 aliphatic carbocycles. The molecule has 0 unspecified atom stereocenters. The van der Waals surface area contributed by atoms with Crippen LogP contribution in [0.15, 0.2) is 72.9 Å². The van der Waals surface area contributed by atoms with Gasteiger partial charge in [-0.3, -0.25) is 14.6 Å². The Labute approximate surface area is 226 Å². The average molecular weight is 548 g/mol. The Morgan fingerprint density at radius 3 is 1.89 bits per heavy atom. The summed E-state index contributed by atoms with van der Waals surface area (Å²) in [4.78, 5) is 41.4. The second-order valence-corrected chi connectivity index (χ2v) is 10.0. The van der Waals surface area contributed by atoms with Gasteiger partial charge >= 0.3 is 13.8 Å². The molecule has 1 rings (SSSR count). The van der Waals surface area contributed by atoms with Gasteiger partial charge in [-0.25, -0.2) is 9.36 Å². The van der Waals surface area contributed by atoms with E-state index in [1.54, 1.807) is 0 Å². The molecule has 0 aliphatic rings. The van der Waals surface area contributed by atoms with Gasteiger partial charge in [0.1, 0.15) is 11.8 Å². The summed E-state index contributed by atoms with van der Waals surface area (Å²) in [7, 11) is -4.66. The number of carbonyl (C=O) groups is 2. The molecule has 0 saturated heterocycles. The van der Waals surface area contributed by atoms with Crippen molar-refractivity contribution in [2.24, 2.45) is 0 Å². The Balaban J connectivity index is 2.22. The van der Waals surface area contributed by atoms with Gasteiger partial charge in [0, 0.05) is 12.8 Å². The van der Waals surface area contributed by atoms with Crippen molar-refractivity contribution in [3.8, 4) is 5.75 Å². The number of phosphoric acid groups is 1. The van der Waals surface area contributed by atoms with E-state index in [1.807, 2.05) is 6.08 Å². The van der Waals surface area contributed by atoms with Crippen molar-refractivity contribution in [1.29, 1.82) is 0 Å². The first-order valence-corrected chi connectivity index (χ1v) is 14.7. The van der Waals surface area contributed by atoms with Gasteiger partial charge in [-0.15, -0.1) is 0 Å². The zero-order valence-electron chi connectivity index (χ0n) is 22.2. The number of phosphoric ester groups is 1. The van der Waals surface area contributed by atoms with Crippen LogP contribution in [-0.2, 0) is 20.6 Å². The highest BCUT2D eigenvalue weighted by atomic mass is 31.2. The highest BCUT2D eigenvalue weighted by Gasteiger charge is 2.21. The van der Waals surface area contributed by atoms with E-state index in [2.05, 4.69) is 59.3 Å². The monoisotopic (exact) mass is 547 g/mol. The molecule has 210 valence electrons. The number of rotatable bonds is 20. The first kappa shape index (κ1) is 33.1. The number of carboxylic acids is 1. The summed E-state index contributed by atoms with van der Waals surface area (Å²) < 4.78 is 15.3. The van der Waals surface area contributed by atoms with E-state index in [9.17, 15) is 19.3 Å². The molecule has 1 aromatic rings. The number of amides is 1. The Bertz CT molecular complexity index is 977. The molecule has 1 aromatic carbocycles. The molecule has 8 nitrogen and oxygen atoms in total. The smallest absolute Gasteiger partial charge is 0.480 e. The minimum Gasteiger partial charge on any atom is -0.480 e. The number of benzene rings is 1. The SMILES string of the molecule is CCCCC/C=C/C/C=C/C/C=C/C/C=C/CCCC(=O)N[C@@H](Cc1ccc(OP(=O)(O)O)cc1)C(=O)O. The molecule has 1 atom stereocenters. The van der Waals surface area contributed by atoms with Gasteiger partial charge in [0.05, 0.1) is 0 Å². The summed E-state index contributed by atoms with van der Waals surface area (Å²) in [5, 5.41) is 12.0. The van der Waals surface area contributed by atoms with E-state index in [0.29, 0.717) is 12.0 Å². The third-order valence-corrected chi connectivity index (χ3v) is 5.90. The highest BCUT2D eigenvalue weighted by Crippen LogP contribution is 2.37. The Hall–Kier alpha value is -2.93. The van der Waals surface area contributed by atoms with E-state index in [0.717, 1.165) is 25.7 Å². The number of aliphatic carboxylic acids is 1. The number of carboxylic acid groups (broad SMARTS) is 1. The van der Waals surface area contributed by atoms with Gasteiger partial charge in [0.15, 0.2) is 0 Å². The van der Waals surface area contributed by atoms with Crippen molar-refractivity contribution < 1.29 is 33.6 Å². The molecule has 0 aromatic heterocycles. The van der Waals surface area contributed by atoms with Crippen LogP contribution in [0.25, 0.3) is 0 Å². The third kappa shape index (κ3) is 18.3. The number of nitrogens with one attached hydrogen (secondary N) is 1. The number of hydrogen-bond acceptors (Lipinski definition) is 4. The Kier molecular flexibility index (Phi) is 17.5. The lowest BCUT2D eigenvalue weighted by molar-refractivity contribution is -0.141. The molecule has 0 radical (unpaired) electrons. The van der Waals surface area contributed by atoms with Crippen molar-refractivity contribution in [1.82, 2.24) is 5.32 Å². The quantitative estimate of drug-likeness (QED) is 0.0841. The molecule has 38 heavy (non-hydrogen) atoms. The lowest BCUT2D eigenvalue weighted by Gasteiger charge is -2.15. The molecule has 0 saturated carbocycles. The maximum atomic E-state index is 12.2. The molecule has 4 N–H and O–H groups in total. The van der Waals surface area contributed by atoms with Crippen LogP contribution in [0.4, 0.5) is 0 Å². The van der Waals surface area contributed by atoms with Gasteiger partial charge in [0.2, 0.25) is 5.91 Å². The van der Waals surface area contributed by atoms with Crippen LogP contribution in [0.5, 0.6) is 5.75 Å². The van der Waals surface area contributed by atoms with E-state index in [1.165, 1.54) is 49.9 Å². The van der Waals surface area contributed by atoms with Crippen molar-refractivity contribution in [2.45, 2.75) is 83.6 Å². The lowest BCUT2D eigenvalue weighted by atomic mass is 10.1. The Morgan fingerprint density at radius 1 is 0.868 bits per heavy atom. The van der Waals surface area contributed by atoms with Crippen molar-refractivity contribution in [3.63, 3.8) is 0 Å². The van der Waals surface area contributed by atoms with Crippen molar-refractivity contribution in [3.05, 3.63) is 78.4 Å². The summed E-state index contributed by atoms with van der Waals surface area (Å²) >= 11 is 0. The average Bonchev–Trinajstić information content (AvgIpc) is 2.85. The molecule has 0 fully saturated rings. The van der Waals surface area contributed by atoms with Crippen LogP contribution < -0.4 is 9.84 Å². The number of hydrogen-bond donors (Lipinski definition) is 4. The molecule has 9 heteroatoms. The zero-order valence-corrected chi connectivity index (χ0v) is 23.1. The summed E-state index contributed by atoms with van der Waals surface area (Å²) in [6, 6.07) is 4.56. The van der Waals surface area contributed by atoms with E-state index in [-0.39, 0.29) is 24.5 Å². The summed E-state index contributed by atoms with van der Waals surface area (Å²) in [6.07, 6.45) is 26.4. The number of allylic oxidation sites excluding steroid dienone is 8. The molecule has 0 heterocycles. The third-order valence-electron chi connectivity index (χ3n) is 5.45. The fourth-order valence-electron chi connectivity index (χ4n) is 3.47. The molecule has 0 bridgehead atoms. The predicted octanol–water partition coefficient (Wildman–Crippen LogP) is 6.42. The van der Waals surface area contributed by atoms with Gasteiger partial charge in [-0.2, -0.15) is 0 Å². The van der Waals surface area contributed by atoms with Crippen LogP contribution >= 0.6 is 7.82 Å². The largest absolute Gasteiger partial charge is 0.524 e. The normalized spacial score (nSPS) is 13.1. The zero-order chi connectivity index (χ0) is 28.1. The summed E-state index contributed by atoms with van der Waals surface area (Å²) in [5.74, 6) is -1.53. The van der Waals surface area contributed by atoms with Crippen LogP contribution in [0.3, 0.4) is 0 Å². The second-order valence-electron chi connectivity index (χ2n) is 8.87. The lowest BCUT2D eigenvalue weighted by Crippen LogP contribution is -2.42. The number of unbranched alkanes of at least 4 members (excludes halogenated alkanes) is 4. The van der Waals surface area contributed by atoms with Gasteiger partial charge in [0.25, 0.3) is 0 Å². The molecular formula is C29H42NO7P. The first-order chi connectivity index (χ1) is 18.2. The molecule has 0 aliphatic heterocycles. The van der Waals surface area contributed by atoms with E-state index < -0.39 is 19.8 Å². The van der Waals surface area contributed by atoms with E-state index in [4.69, 9.17) is 9.79 Å². The van der Waals surface area contributed by atoms with Crippen molar-refractivity contribution in [2.75, 3.05) is 0 Å². The number of carbonyl (C=O) groups excluding carboxylic acids is 1. The fraction of sp³-hybridized carbons (Fsp3) is 0.448. The standard InChI is InChI=1S/C29H42NO7P/c1-2-3-4-5-6-7-8-9-10-11-12-13-14-15-16-17-18-19-28(31)30-27(29(32)33)24-25-20-22-26(23-21-25)37-38(34,35)36/h6-7,9-10,12-13,15-16,20-23,27H,2-5,8,11,14,17-19,24H2,1H3,(H,30,31)(H,32,33)(H2,34,35,36)/b7-6+,10-9+,13-12+,16-15+/t27-/m0/s1. The maximum absolute atomic E-state index is 12.2. The van der Waals surface area contributed by atoms with Crippen LogP contribution in [0.1, 0.15) is 76.7 Å². The van der Waals surface area contributed by atoms with Crippen molar-refractivity contribution >= 4 is 19.7 Å². The van der Waals surface area contributed by atoms with Gasteiger partial charge in [-0.1, -0.05) is 80.5 Å². The van der Waals surface area contributed by atoms with Gasteiger partial charge in [-0.05, 0) is 62.6 Å². The highest BCUT2D eigenvalue weighted by molar-refractivity contribution is 7.46. The molecule has 0 spiro atoms. The second kappa shape index (κ2) is 20.1. The first-order valence-electron chi connectivity index (χ1n) is 13.2. The maximum Gasteiger partial charge on any atom is 0.524 e. The van der Waals surface area contributed by atoms with Gasteiger partial charge < -0.3 is 14.9 Å². The summed E-state index contributed by atoms with van der Waals surface area (Å²) in [6.45, 7) is 2.21. The molecular weight excluding hydrogens is 505 g/mol.